The highest BCUT2D eigenvalue weighted by atomic mass is 15.1. The zero-order chi connectivity index (χ0) is 19.0. The lowest BCUT2D eigenvalue weighted by Crippen LogP contribution is -1.99. The van der Waals surface area contributed by atoms with E-state index < -0.39 is 0 Å². The SMILES string of the molecule is C1=CCCC(/N=N/C2=CC=C(C3=CC=C(/N=N/C4=CC=CCC4)CC3)CC2)=C1. The summed E-state index contributed by atoms with van der Waals surface area (Å²) in [4.78, 5) is 0. The van der Waals surface area contributed by atoms with Crippen LogP contribution in [0.1, 0.15) is 51.4 Å². The molecule has 0 saturated heterocycles. The first-order valence-electron chi connectivity index (χ1n) is 10.2. The molecular formula is C24H26N4. The highest BCUT2D eigenvalue weighted by Crippen LogP contribution is 2.31. The molecule has 0 bridgehead atoms. The van der Waals surface area contributed by atoms with E-state index in [1.54, 1.807) is 0 Å². The summed E-state index contributed by atoms with van der Waals surface area (Å²) < 4.78 is 0. The molecule has 4 heteroatoms. The Bertz CT molecular complexity index is 838. The monoisotopic (exact) mass is 370 g/mol. The summed E-state index contributed by atoms with van der Waals surface area (Å²) in [6, 6.07) is 0. The van der Waals surface area contributed by atoms with Gasteiger partial charge >= 0.3 is 0 Å². The number of hydrogen-bond donors (Lipinski definition) is 0. The third-order valence-corrected chi connectivity index (χ3v) is 5.26. The molecule has 0 unspecified atom stereocenters. The third-order valence-electron chi connectivity index (χ3n) is 5.26. The van der Waals surface area contributed by atoms with Crippen LogP contribution in [-0.2, 0) is 0 Å². The molecule has 0 fully saturated rings. The van der Waals surface area contributed by atoms with Crippen molar-refractivity contribution in [3.05, 3.63) is 94.7 Å². The van der Waals surface area contributed by atoms with Gasteiger partial charge in [0.2, 0.25) is 0 Å². The zero-order valence-corrected chi connectivity index (χ0v) is 16.2. The van der Waals surface area contributed by atoms with E-state index in [2.05, 4.69) is 69.1 Å². The fourth-order valence-corrected chi connectivity index (χ4v) is 3.56. The Labute approximate surface area is 166 Å². The van der Waals surface area contributed by atoms with Gasteiger partial charge < -0.3 is 0 Å². The molecule has 4 aliphatic rings. The first-order valence-corrected chi connectivity index (χ1v) is 10.2. The van der Waals surface area contributed by atoms with Crippen molar-refractivity contribution in [2.24, 2.45) is 20.5 Å². The molecule has 0 atom stereocenters. The predicted octanol–water partition coefficient (Wildman–Crippen LogP) is 7.57. The molecule has 0 aromatic carbocycles. The average molecular weight is 371 g/mol. The standard InChI is InChI=1S/C24H26N4/c1-3-7-21(8-4-1)25-27-23-15-11-19(12-16-23)20-13-17-24(18-14-20)28-26-22-9-5-2-6-10-22/h1-3,5,7,9,11,13,15,17H,4,6,8,10,12,14,16,18H2/b27-25+,28-26+. The smallest absolute Gasteiger partial charge is 0.0634 e. The maximum Gasteiger partial charge on any atom is 0.0634 e. The van der Waals surface area contributed by atoms with Crippen LogP contribution in [0.5, 0.6) is 0 Å². The lowest BCUT2D eigenvalue weighted by Gasteiger charge is -2.17. The van der Waals surface area contributed by atoms with Crippen LogP contribution in [0.15, 0.2) is 115 Å². The summed E-state index contributed by atoms with van der Waals surface area (Å²) >= 11 is 0. The van der Waals surface area contributed by atoms with Crippen molar-refractivity contribution in [2.45, 2.75) is 51.4 Å². The number of allylic oxidation sites excluding steroid dienone is 16. The van der Waals surface area contributed by atoms with E-state index in [-0.39, 0.29) is 0 Å². The van der Waals surface area contributed by atoms with E-state index >= 15 is 0 Å². The molecule has 142 valence electrons. The van der Waals surface area contributed by atoms with Gasteiger partial charge in [0.25, 0.3) is 0 Å². The highest BCUT2D eigenvalue weighted by Gasteiger charge is 2.13. The largest absolute Gasteiger partial charge is 0.155 e. The van der Waals surface area contributed by atoms with Crippen molar-refractivity contribution in [2.75, 3.05) is 0 Å². The Balaban J connectivity index is 1.37. The maximum absolute atomic E-state index is 4.44. The molecule has 0 N–H and O–H groups in total. The molecule has 0 amide bonds. The molecule has 28 heavy (non-hydrogen) atoms. The Hall–Kier alpha value is -2.88. The topological polar surface area (TPSA) is 49.4 Å². The highest BCUT2D eigenvalue weighted by molar-refractivity contribution is 5.42. The fourth-order valence-electron chi connectivity index (χ4n) is 3.56. The van der Waals surface area contributed by atoms with Gasteiger partial charge in [-0.15, -0.1) is 0 Å². The Morgan fingerprint density at radius 1 is 0.429 bits per heavy atom. The maximum atomic E-state index is 4.44. The van der Waals surface area contributed by atoms with Gasteiger partial charge in [-0.05, 0) is 86.8 Å². The lowest BCUT2D eigenvalue weighted by molar-refractivity contribution is 0.808. The van der Waals surface area contributed by atoms with Crippen LogP contribution in [-0.4, -0.2) is 0 Å². The molecular weight excluding hydrogens is 344 g/mol. The molecule has 0 radical (unpaired) electrons. The fraction of sp³-hybridized carbons (Fsp3) is 0.333. The van der Waals surface area contributed by atoms with Crippen LogP contribution in [0.4, 0.5) is 0 Å². The normalized spacial score (nSPS) is 22.6. The molecule has 0 aliphatic heterocycles. The van der Waals surface area contributed by atoms with Crippen LogP contribution in [0.25, 0.3) is 0 Å². The van der Waals surface area contributed by atoms with Gasteiger partial charge in [0, 0.05) is 0 Å². The molecule has 4 aliphatic carbocycles. The molecule has 4 nitrogen and oxygen atoms in total. The van der Waals surface area contributed by atoms with Crippen LogP contribution in [0.2, 0.25) is 0 Å². The van der Waals surface area contributed by atoms with E-state index in [4.69, 9.17) is 0 Å². The third kappa shape index (κ3) is 5.10. The van der Waals surface area contributed by atoms with Gasteiger partial charge in [0.05, 0.1) is 22.8 Å². The van der Waals surface area contributed by atoms with Crippen molar-refractivity contribution in [1.29, 1.82) is 0 Å². The van der Waals surface area contributed by atoms with Crippen LogP contribution < -0.4 is 0 Å². The Morgan fingerprint density at radius 2 is 0.857 bits per heavy atom. The van der Waals surface area contributed by atoms with Gasteiger partial charge in [0.15, 0.2) is 0 Å². The first kappa shape index (κ1) is 18.5. The number of rotatable bonds is 5. The Morgan fingerprint density at radius 3 is 1.18 bits per heavy atom. The summed E-state index contributed by atoms with van der Waals surface area (Å²) in [7, 11) is 0. The Kier molecular flexibility index (Phi) is 6.18. The molecule has 0 aromatic heterocycles. The zero-order valence-electron chi connectivity index (χ0n) is 16.2. The summed E-state index contributed by atoms with van der Waals surface area (Å²) in [5.74, 6) is 0. The molecule has 0 aromatic rings. The second-order valence-corrected chi connectivity index (χ2v) is 7.35. The number of hydrogen-bond acceptors (Lipinski definition) is 4. The van der Waals surface area contributed by atoms with E-state index in [1.165, 1.54) is 11.1 Å². The summed E-state index contributed by atoms with van der Waals surface area (Å²) in [5, 5.41) is 17.7. The van der Waals surface area contributed by atoms with Crippen molar-refractivity contribution < 1.29 is 0 Å². The molecule has 0 spiro atoms. The van der Waals surface area contributed by atoms with Crippen LogP contribution in [0.3, 0.4) is 0 Å². The quantitative estimate of drug-likeness (QED) is 0.448. The minimum atomic E-state index is 0.952. The van der Waals surface area contributed by atoms with Crippen molar-refractivity contribution in [3.8, 4) is 0 Å². The predicted molar refractivity (Wildman–Crippen MR) is 113 cm³/mol. The molecule has 4 rings (SSSR count). The van der Waals surface area contributed by atoms with Crippen molar-refractivity contribution >= 4 is 0 Å². The second kappa shape index (κ2) is 9.36. The number of nitrogens with zero attached hydrogens (tertiary/aromatic N) is 4. The van der Waals surface area contributed by atoms with Crippen LogP contribution >= 0.6 is 0 Å². The summed E-state index contributed by atoms with van der Waals surface area (Å²) in [6.07, 6.45) is 29.2. The van der Waals surface area contributed by atoms with Gasteiger partial charge in [-0.25, -0.2) is 0 Å². The minimum absolute atomic E-state index is 0.952. The first-order chi connectivity index (χ1) is 13.9. The molecule has 0 saturated carbocycles. The van der Waals surface area contributed by atoms with E-state index in [0.29, 0.717) is 0 Å². The van der Waals surface area contributed by atoms with E-state index in [1.807, 2.05) is 12.2 Å². The minimum Gasteiger partial charge on any atom is -0.155 e. The van der Waals surface area contributed by atoms with Gasteiger partial charge in [-0.2, -0.15) is 20.5 Å². The van der Waals surface area contributed by atoms with Gasteiger partial charge in [-0.3, -0.25) is 0 Å². The van der Waals surface area contributed by atoms with Gasteiger partial charge in [-0.1, -0.05) is 36.5 Å². The number of azo groups is 2. The van der Waals surface area contributed by atoms with Crippen molar-refractivity contribution in [1.82, 2.24) is 0 Å². The lowest BCUT2D eigenvalue weighted by atomic mass is 9.90. The van der Waals surface area contributed by atoms with E-state index in [0.717, 1.165) is 74.2 Å². The summed E-state index contributed by atoms with van der Waals surface area (Å²) in [5.41, 5.74) is 7.09. The average Bonchev–Trinajstić information content (AvgIpc) is 2.78. The van der Waals surface area contributed by atoms with Gasteiger partial charge in [0.1, 0.15) is 0 Å². The molecule has 0 heterocycles. The summed E-state index contributed by atoms with van der Waals surface area (Å²) in [6.45, 7) is 0. The van der Waals surface area contributed by atoms with Crippen molar-refractivity contribution in [3.63, 3.8) is 0 Å². The van der Waals surface area contributed by atoms with E-state index in [9.17, 15) is 0 Å². The van der Waals surface area contributed by atoms with Crippen LogP contribution in [0, 0.1) is 0 Å². The second-order valence-electron chi connectivity index (χ2n) is 7.35.